The van der Waals surface area contributed by atoms with Gasteiger partial charge in [-0.3, -0.25) is 4.79 Å². The molecular weight excluding hydrogens is 317 g/mol. The fourth-order valence-corrected chi connectivity index (χ4v) is 2.23. The minimum absolute atomic E-state index is 0. The van der Waals surface area contributed by atoms with Crippen LogP contribution in [0.3, 0.4) is 0 Å². The number of carbonyl (C=O) groups is 1. The molecule has 3 nitrogen and oxygen atoms in total. The van der Waals surface area contributed by atoms with Crippen molar-refractivity contribution in [2.45, 2.75) is 19.0 Å². The van der Waals surface area contributed by atoms with E-state index in [1.165, 1.54) is 18.2 Å². The number of halogens is 4. The second kappa shape index (κ2) is 8.19. The van der Waals surface area contributed by atoms with Gasteiger partial charge in [0, 0.05) is 13.1 Å². The van der Waals surface area contributed by atoms with Crippen molar-refractivity contribution < 1.29 is 18.0 Å². The van der Waals surface area contributed by atoms with Gasteiger partial charge < -0.3 is 10.6 Å². The molecule has 2 rings (SSSR count). The zero-order valence-electron chi connectivity index (χ0n) is 11.9. The van der Waals surface area contributed by atoms with E-state index in [0.717, 1.165) is 31.1 Å². The number of rotatable bonds is 4. The van der Waals surface area contributed by atoms with Gasteiger partial charge in [0.25, 0.3) is 0 Å². The Kier molecular flexibility index (Phi) is 6.90. The quantitative estimate of drug-likeness (QED) is 0.831. The van der Waals surface area contributed by atoms with E-state index in [9.17, 15) is 18.0 Å². The van der Waals surface area contributed by atoms with Crippen LogP contribution in [0.5, 0.6) is 0 Å². The third-order valence-corrected chi connectivity index (χ3v) is 3.34. The molecule has 0 bridgehead atoms. The van der Waals surface area contributed by atoms with E-state index in [4.69, 9.17) is 0 Å². The number of benzene rings is 1. The minimum atomic E-state index is -4.44. The average Bonchev–Trinajstić information content (AvgIpc) is 2.46. The van der Waals surface area contributed by atoms with E-state index in [2.05, 4.69) is 10.6 Å². The van der Waals surface area contributed by atoms with E-state index < -0.39 is 17.6 Å². The first-order chi connectivity index (χ1) is 9.97. The molecule has 1 aromatic rings. The highest BCUT2D eigenvalue weighted by atomic mass is 35.5. The number of hydrogen-bond donors (Lipinski definition) is 2. The van der Waals surface area contributed by atoms with Gasteiger partial charge in [0.05, 0.1) is 12.0 Å². The van der Waals surface area contributed by atoms with Gasteiger partial charge in [-0.1, -0.05) is 29.8 Å². The molecule has 2 N–H and O–H groups in total. The number of alkyl halides is 3. The van der Waals surface area contributed by atoms with Crippen LogP contribution in [0.2, 0.25) is 0 Å². The van der Waals surface area contributed by atoms with Gasteiger partial charge in [-0.15, -0.1) is 12.4 Å². The van der Waals surface area contributed by atoms with Crippen LogP contribution in [0.1, 0.15) is 17.5 Å². The molecule has 0 aliphatic carbocycles. The Morgan fingerprint density at radius 1 is 1.27 bits per heavy atom. The number of amides is 1. The fourth-order valence-electron chi connectivity index (χ4n) is 2.23. The molecule has 0 aromatic heterocycles. The largest absolute Gasteiger partial charge is 0.416 e. The third kappa shape index (κ3) is 5.35. The average molecular weight is 335 g/mol. The van der Waals surface area contributed by atoms with E-state index in [-0.39, 0.29) is 24.4 Å². The maximum absolute atomic E-state index is 12.8. The normalized spacial score (nSPS) is 14.8. The molecule has 0 radical (unpaired) electrons. The predicted molar refractivity (Wildman–Crippen MR) is 81.0 cm³/mol. The standard InChI is InChI=1S/C15H17F3N2O.ClH/c16-15(17,18)13-4-2-1-3-12(13)9-14(21)20-10-11-5-7-19-8-6-11;/h1-5,19H,6-10H2,(H,20,21);1H. The first-order valence-electron chi connectivity index (χ1n) is 6.77. The first-order valence-corrected chi connectivity index (χ1v) is 6.77. The topological polar surface area (TPSA) is 41.1 Å². The highest BCUT2D eigenvalue weighted by Crippen LogP contribution is 2.31. The summed E-state index contributed by atoms with van der Waals surface area (Å²) in [5.41, 5.74) is 0.356. The molecule has 122 valence electrons. The van der Waals surface area contributed by atoms with Crippen molar-refractivity contribution in [3.63, 3.8) is 0 Å². The highest BCUT2D eigenvalue weighted by Gasteiger charge is 2.33. The first kappa shape index (κ1) is 18.5. The molecule has 0 spiro atoms. The van der Waals surface area contributed by atoms with Crippen LogP contribution in [-0.4, -0.2) is 25.5 Å². The lowest BCUT2D eigenvalue weighted by Gasteiger charge is -2.15. The van der Waals surface area contributed by atoms with E-state index in [1.54, 1.807) is 0 Å². The molecule has 1 heterocycles. The van der Waals surface area contributed by atoms with Gasteiger partial charge in [-0.05, 0) is 24.6 Å². The summed E-state index contributed by atoms with van der Waals surface area (Å²) in [5, 5.41) is 5.83. The van der Waals surface area contributed by atoms with Crippen molar-refractivity contribution >= 4 is 18.3 Å². The second-order valence-corrected chi connectivity index (χ2v) is 4.92. The Morgan fingerprint density at radius 3 is 2.64 bits per heavy atom. The molecule has 0 atom stereocenters. The summed E-state index contributed by atoms with van der Waals surface area (Å²) in [6.45, 7) is 2.02. The van der Waals surface area contributed by atoms with Crippen molar-refractivity contribution in [3.05, 3.63) is 47.0 Å². The maximum atomic E-state index is 12.8. The lowest BCUT2D eigenvalue weighted by molar-refractivity contribution is -0.138. The summed E-state index contributed by atoms with van der Waals surface area (Å²) >= 11 is 0. The number of carbonyl (C=O) groups excluding carboxylic acids is 1. The maximum Gasteiger partial charge on any atom is 0.416 e. The number of nitrogens with one attached hydrogen (secondary N) is 2. The molecule has 22 heavy (non-hydrogen) atoms. The minimum Gasteiger partial charge on any atom is -0.352 e. The molecule has 0 fully saturated rings. The van der Waals surface area contributed by atoms with Gasteiger partial charge in [-0.25, -0.2) is 0 Å². The van der Waals surface area contributed by atoms with Crippen LogP contribution in [0, 0.1) is 0 Å². The van der Waals surface area contributed by atoms with E-state index in [0.29, 0.717) is 6.54 Å². The van der Waals surface area contributed by atoms with Crippen molar-refractivity contribution in [2.24, 2.45) is 0 Å². The Morgan fingerprint density at radius 2 is 2.00 bits per heavy atom. The number of hydrogen-bond acceptors (Lipinski definition) is 2. The monoisotopic (exact) mass is 334 g/mol. The summed E-state index contributed by atoms with van der Waals surface area (Å²) in [6.07, 6.45) is -1.86. The van der Waals surface area contributed by atoms with Crippen LogP contribution >= 0.6 is 12.4 Å². The Balaban J connectivity index is 0.00000242. The second-order valence-electron chi connectivity index (χ2n) is 4.92. The predicted octanol–water partition coefficient (Wildman–Crippen LogP) is 2.71. The lowest BCUT2D eigenvalue weighted by Crippen LogP contribution is -2.31. The molecule has 0 saturated heterocycles. The smallest absolute Gasteiger partial charge is 0.352 e. The molecule has 0 saturated carbocycles. The summed E-state index contributed by atoms with van der Waals surface area (Å²) in [6, 6.07) is 5.17. The van der Waals surface area contributed by atoms with Crippen LogP contribution in [0.15, 0.2) is 35.9 Å². The molecule has 1 aromatic carbocycles. The van der Waals surface area contributed by atoms with Crippen molar-refractivity contribution in [3.8, 4) is 0 Å². The van der Waals surface area contributed by atoms with Crippen LogP contribution < -0.4 is 10.6 Å². The van der Waals surface area contributed by atoms with Gasteiger partial charge in [-0.2, -0.15) is 13.2 Å². The molecule has 0 unspecified atom stereocenters. The molecule has 7 heteroatoms. The van der Waals surface area contributed by atoms with Gasteiger partial charge >= 0.3 is 6.18 Å². The lowest BCUT2D eigenvalue weighted by atomic mass is 10.0. The van der Waals surface area contributed by atoms with E-state index >= 15 is 0 Å². The summed E-state index contributed by atoms with van der Waals surface area (Å²) in [4.78, 5) is 11.8. The van der Waals surface area contributed by atoms with Crippen molar-refractivity contribution in [1.82, 2.24) is 10.6 Å². The zero-order chi connectivity index (χ0) is 15.3. The Labute approximate surface area is 133 Å². The van der Waals surface area contributed by atoms with Gasteiger partial charge in [0.15, 0.2) is 0 Å². The van der Waals surface area contributed by atoms with Crippen molar-refractivity contribution in [2.75, 3.05) is 19.6 Å². The summed E-state index contributed by atoms with van der Waals surface area (Å²) in [7, 11) is 0. The Bertz CT molecular complexity index is 544. The van der Waals surface area contributed by atoms with Gasteiger partial charge in [0.2, 0.25) is 5.91 Å². The summed E-state index contributed by atoms with van der Waals surface area (Å²) < 4.78 is 38.5. The molecular formula is C15H18ClF3N2O. The molecule has 1 aliphatic heterocycles. The highest BCUT2D eigenvalue weighted by molar-refractivity contribution is 5.85. The summed E-state index contributed by atoms with van der Waals surface area (Å²) in [5.74, 6) is -0.397. The SMILES string of the molecule is Cl.O=C(Cc1ccccc1C(F)(F)F)NCC1=CCNCC1. The molecule has 1 aliphatic rings. The molecule has 1 amide bonds. The van der Waals surface area contributed by atoms with Crippen LogP contribution in [-0.2, 0) is 17.4 Å². The fraction of sp³-hybridized carbons (Fsp3) is 0.400. The van der Waals surface area contributed by atoms with Gasteiger partial charge in [0.1, 0.15) is 0 Å². The zero-order valence-corrected chi connectivity index (χ0v) is 12.7. The van der Waals surface area contributed by atoms with Crippen LogP contribution in [0.25, 0.3) is 0 Å². The van der Waals surface area contributed by atoms with Crippen LogP contribution in [0.4, 0.5) is 13.2 Å². The Hall–Kier alpha value is -1.53. The van der Waals surface area contributed by atoms with E-state index in [1.807, 2.05) is 6.08 Å². The third-order valence-electron chi connectivity index (χ3n) is 3.34. The van der Waals surface area contributed by atoms with Crippen molar-refractivity contribution in [1.29, 1.82) is 0 Å².